The van der Waals surface area contributed by atoms with Crippen molar-refractivity contribution in [2.24, 2.45) is 0 Å². The molecular weight excluding hydrogens is 174 g/mol. The predicted molar refractivity (Wildman–Crippen MR) is 52.3 cm³/mol. The third-order valence-electron chi connectivity index (χ3n) is 1.58. The van der Waals surface area contributed by atoms with E-state index in [4.69, 9.17) is 0 Å². The first-order valence-electron chi connectivity index (χ1n) is 3.33. The van der Waals surface area contributed by atoms with E-state index in [1.165, 1.54) is 10.3 Å². The number of benzene rings is 1. The molecule has 0 fully saturated rings. The average Bonchev–Trinajstić information content (AvgIpc) is 2.50. The van der Waals surface area contributed by atoms with Gasteiger partial charge in [-0.25, -0.2) is 4.98 Å². The number of thiol groups is 1. The van der Waals surface area contributed by atoms with E-state index in [1.807, 2.05) is 11.6 Å². The highest BCUT2D eigenvalue weighted by Crippen LogP contribution is 2.19. The summed E-state index contributed by atoms with van der Waals surface area (Å²) in [6.45, 7) is 0. The molecule has 11 heavy (non-hydrogen) atoms. The van der Waals surface area contributed by atoms with Gasteiger partial charge in [-0.2, -0.15) is 12.6 Å². The Hall–Kier alpha value is -0.540. The van der Waals surface area contributed by atoms with Crippen molar-refractivity contribution >= 4 is 34.2 Å². The lowest BCUT2D eigenvalue weighted by atomic mass is 10.2. The summed E-state index contributed by atoms with van der Waals surface area (Å²) in [5, 5.41) is 0. The van der Waals surface area contributed by atoms with Gasteiger partial charge in [0, 0.05) is 5.75 Å². The second-order valence-corrected chi connectivity index (χ2v) is 3.52. The van der Waals surface area contributed by atoms with Crippen molar-refractivity contribution < 1.29 is 0 Å². The molecule has 0 spiro atoms. The minimum atomic E-state index is 0.799. The van der Waals surface area contributed by atoms with Gasteiger partial charge in [-0.1, -0.05) is 6.07 Å². The molecular formula is C8H7NS2. The summed E-state index contributed by atoms with van der Waals surface area (Å²) in [6.07, 6.45) is 0. The lowest BCUT2D eigenvalue weighted by Crippen LogP contribution is -1.75. The van der Waals surface area contributed by atoms with Crippen molar-refractivity contribution in [3.8, 4) is 0 Å². The highest BCUT2D eigenvalue weighted by atomic mass is 32.1. The molecule has 0 amide bonds. The smallest absolute Gasteiger partial charge is 0.0812 e. The summed E-state index contributed by atoms with van der Waals surface area (Å²) in [5.74, 6) is 0.799. The Morgan fingerprint density at radius 3 is 3.18 bits per heavy atom. The van der Waals surface area contributed by atoms with E-state index in [0.717, 1.165) is 11.3 Å². The second-order valence-electron chi connectivity index (χ2n) is 2.31. The molecule has 0 aliphatic heterocycles. The first kappa shape index (κ1) is 7.13. The van der Waals surface area contributed by atoms with E-state index >= 15 is 0 Å². The van der Waals surface area contributed by atoms with Crippen LogP contribution in [-0.4, -0.2) is 4.98 Å². The largest absolute Gasteiger partial charge is 0.245 e. The number of thiazole rings is 1. The highest BCUT2D eigenvalue weighted by molar-refractivity contribution is 7.79. The molecule has 0 aliphatic rings. The topological polar surface area (TPSA) is 12.9 Å². The molecule has 0 unspecified atom stereocenters. The zero-order valence-electron chi connectivity index (χ0n) is 5.82. The number of nitrogens with zero attached hydrogens (tertiary/aromatic N) is 1. The van der Waals surface area contributed by atoms with Crippen LogP contribution in [0.5, 0.6) is 0 Å². The maximum Gasteiger partial charge on any atom is 0.0812 e. The van der Waals surface area contributed by atoms with E-state index in [-0.39, 0.29) is 0 Å². The molecule has 0 saturated carbocycles. The van der Waals surface area contributed by atoms with Gasteiger partial charge >= 0.3 is 0 Å². The quantitative estimate of drug-likeness (QED) is 0.667. The summed E-state index contributed by atoms with van der Waals surface area (Å²) in [5.41, 5.74) is 4.21. The van der Waals surface area contributed by atoms with E-state index in [9.17, 15) is 0 Å². The number of hydrogen-bond donors (Lipinski definition) is 1. The highest BCUT2D eigenvalue weighted by Gasteiger charge is 1.95. The Morgan fingerprint density at radius 2 is 2.36 bits per heavy atom. The summed E-state index contributed by atoms with van der Waals surface area (Å²) >= 11 is 5.87. The summed E-state index contributed by atoms with van der Waals surface area (Å²) < 4.78 is 1.25. The van der Waals surface area contributed by atoms with Crippen LogP contribution < -0.4 is 0 Å². The fraction of sp³-hybridized carbons (Fsp3) is 0.125. The normalized spacial score (nSPS) is 10.6. The van der Waals surface area contributed by atoms with Crippen molar-refractivity contribution in [3.05, 3.63) is 29.3 Å². The van der Waals surface area contributed by atoms with Gasteiger partial charge in [-0.05, 0) is 17.7 Å². The average molecular weight is 181 g/mol. The molecule has 1 heterocycles. The molecule has 0 atom stereocenters. The third-order valence-corrected chi connectivity index (χ3v) is 2.74. The van der Waals surface area contributed by atoms with Crippen molar-refractivity contribution in [3.63, 3.8) is 0 Å². The van der Waals surface area contributed by atoms with Crippen molar-refractivity contribution in [1.82, 2.24) is 4.98 Å². The van der Waals surface area contributed by atoms with Crippen LogP contribution in [0.4, 0.5) is 0 Å². The van der Waals surface area contributed by atoms with Gasteiger partial charge in [0.25, 0.3) is 0 Å². The molecule has 1 aromatic carbocycles. The summed E-state index contributed by atoms with van der Waals surface area (Å²) in [4.78, 5) is 4.19. The fourth-order valence-electron chi connectivity index (χ4n) is 0.998. The maximum absolute atomic E-state index is 4.20. The minimum absolute atomic E-state index is 0.799. The zero-order chi connectivity index (χ0) is 7.68. The van der Waals surface area contributed by atoms with Gasteiger partial charge in [-0.3, -0.25) is 0 Å². The summed E-state index contributed by atoms with van der Waals surface area (Å²) in [7, 11) is 0. The standard InChI is InChI=1S/C8H7NS2/c10-4-6-1-2-7-8(3-6)11-5-9-7/h1-3,5,10H,4H2. The number of aromatic nitrogens is 1. The molecule has 2 rings (SSSR count). The van der Waals surface area contributed by atoms with Gasteiger partial charge in [0.2, 0.25) is 0 Å². The molecule has 0 saturated heterocycles. The molecule has 0 bridgehead atoms. The van der Waals surface area contributed by atoms with Crippen LogP contribution in [0.25, 0.3) is 10.2 Å². The zero-order valence-corrected chi connectivity index (χ0v) is 7.53. The molecule has 0 N–H and O–H groups in total. The van der Waals surface area contributed by atoms with Crippen LogP contribution in [0.3, 0.4) is 0 Å². The van der Waals surface area contributed by atoms with Crippen LogP contribution in [0.15, 0.2) is 23.7 Å². The van der Waals surface area contributed by atoms with Crippen LogP contribution in [0.2, 0.25) is 0 Å². The monoisotopic (exact) mass is 181 g/mol. The van der Waals surface area contributed by atoms with Gasteiger partial charge in [0.05, 0.1) is 15.7 Å². The summed E-state index contributed by atoms with van der Waals surface area (Å²) in [6, 6.07) is 6.24. The lowest BCUT2D eigenvalue weighted by molar-refractivity contribution is 1.43. The maximum atomic E-state index is 4.20. The first-order chi connectivity index (χ1) is 5.40. The molecule has 0 radical (unpaired) electrons. The van der Waals surface area contributed by atoms with E-state index in [1.54, 1.807) is 11.3 Å². The van der Waals surface area contributed by atoms with E-state index in [0.29, 0.717) is 0 Å². The van der Waals surface area contributed by atoms with Gasteiger partial charge in [0.15, 0.2) is 0 Å². The van der Waals surface area contributed by atoms with E-state index < -0.39 is 0 Å². The minimum Gasteiger partial charge on any atom is -0.245 e. The third kappa shape index (κ3) is 1.26. The second kappa shape index (κ2) is 2.83. The van der Waals surface area contributed by atoms with Gasteiger partial charge in [0.1, 0.15) is 0 Å². The van der Waals surface area contributed by atoms with E-state index in [2.05, 4.69) is 29.7 Å². The van der Waals surface area contributed by atoms with Crippen LogP contribution in [0, 0.1) is 0 Å². The van der Waals surface area contributed by atoms with Gasteiger partial charge in [-0.15, -0.1) is 11.3 Å². The van der Waals surface area contributed by atoms with Gasteiger partial charge < -0.3 is 0 Å². The SMILES string of the molecule is SCc1ccc2ncsc2c1. The Bertz CT molecular complexity index is 367. The number of fused-ring (bicyclic) bond motifs is 1. The predicted octanol–water partition coefficient (Wildman–Crippen LogP) is 2.73. The van der Waals surface area contributed by atoms with Crippen molar-refractivity contribution in [1.29, 1.82) is 0 Å². The first-order valence-corrected chi connectivity index (χ1v) is 4.84. The molecule has 56 valence electrons. The Labute approximate surface area is 74.5 Å². The molecule has 1 nitrogen and oxygen atoms in total. The van der Waals surface area contributed by atoms with Crippen LogP contribution in [0.1, 0.15) is 5.56 Å². The Morgan fingerprint density at radius 1 is 1.45 bits per heavy atom. The van der Waals surface area contributed by atoms with Crippen molar-refractivity contribution in [2.75, 3.05) is 0 Å². The molecule has 2 aromatic rings. The number of rotatable bonds is 1. The Kier molecular flexibility index (Phi) is 1.84. The molecule has 0 aliphatic carbocycles. The molecule has 1 aromatic heterocycles. The van der Waals surface area contributed by atoms with Crippen LogP contribution in [-0.2, 0) is 5.75 Å². The lowest BCUT2D eigenvalue weighted by Gasteiger charge is -1.93. The Balaban J connectivity index is 2.67. The van der Waals surface area contributed by atoms with Crippen LogP contribution >= 0.6 is 24.0 Å². The fourth-order valence-corrected chi connectivity index (χ4v) is 1.94. The molecule has 3 heteroatoms. The number of hydrogen-bond acceptors (Lipinski definition) is 3. The van der Waals surface area contributed by atoms with Crippen molar-refractivity contribution in [2.45, 2.75) is 5.75 Å².